The fourth-order valence-corrected chi connectivity index (χ4v) is 3.35. The van der Waals surface area contributed by atoms with Crippen LogP contribution in [0.3, 0.4) is 0 Å². The lowest BCUT2D eigenvalue weighted by molar-refractivity contribution is 0.0985. The summed E-state index contributed by atoms with van der Waals surface area (Å²) in [6.07, 6.45) is 3.30. The Morgan fingerprint density at radius 1 is 0.759 bits per heavy atom. The number of hydrogen-bond acceptors (Lipinski definition) is 2. The Morgan fingerprint density at radius 3 is 2.07 bits per heavy atom. The normalized spacial score (nSPS) is 10.5. The average molecular weight is 378 g/mol. The SMILES string of the molecule is Cc1ccccc1CN(C(=O)c1ccncc1)c1ccc(-c2ccccc2)cc1. The summed E-state index contributed by atoms with van der Waals surface area (Å²) < 4.78 is 0. The highest BCUT2D eigenvalue weighted by atomic mass is 16.2. The third-order valence-electron chi connectivity index (χ3n) is 5.05. The molecule has 4 rings (SSSR count). The number of nitrogens with zero attached hydrogens (tertiary/aromatic N) is 2. The van der Waals surface area contributed by atoms with Gasteiger partial charge in [0.2, 0.25) is 0 Å². The molecule has 4 aromatic rings. The first-order chi connectivity index (χ1) is 14.2. The lowest BCUT2D eigenvalue weighted by Gasteiger charge is -2.24. The standard InChI is InChI=1S/C26H22N2O/c1-20-7-5-6-10-24(20)19-28(26(29)23-15-17-27-18-16-23)25-13-11-22(12-14-25)21-8-3-2-4-9-21/h2-18H,19H2,1H3. The zero-order valence-corrected chi connectivity index (χ0v) is 16.3. The van der Waals surface area contributed by atoms with Crippen LogP contribution in [0.4, 0.5) is 5.69 Å². The summed E-state index contributed by atoms with van der Waals surface area (Å²) in [6.45, 7) is 2.58. The van der Waals surface area contributed by atoms with Crippen LogP contribution in [0, 0.1) is 6.92 Å². The van der Waals surface area contributed by atoms with Gasteiger partial charge < -0.3 is 4.90 Å². The van der Waals surface area contributed by atoms with Gasteiger partial charge in [-0.25, -0.2) is 0 Å². The van der Waals surface area contributed by atoms with E-state index >= 15 is 0 Å². The molecule has 0 radical (unpaired) electrons. The number of hydrogen-bond donors (Lipinski definition) is 0. The van der Waals surface area contributed by atoms with Gasteiger partial charge in [-0.3, -0.25) is 9.78 Å². The van der Waals surface area contributed by atoms with Crippen LogP contribution in [0.15, 0.2) is 103 Å². The number of aryl methyl sites for hydroxylation is 1. The Labute approximate surface area is 171 Å². The number of benzene rings is 3. The molecule has 29 heavy (non-hydrogen) atoms. The summed E-state index contributed by atoms with van der Waals surface area (Å²) in [5.41, 5.74) is 6.07. The van der Waals surface area contributed by atoms with E-state index in [1.54, 1.807) is 24.5 Å². The second-order valence-corrected chi connectivity index (χ2v) is 6.97. The van der Waals surface area contributed by atoms with Crippen molar-refractivity contribution in [2.24, 2.45) is 0 Å². The molecule has 0 fully saturated rings. The maximum atomic E-state index is 13.3. The predicted octanol–water partition coefficient (Wildman–Crippen LogP) is 5.90. The maximum absolute atomic E-state index is 13.3. The molecule has 3 nitrogen and oxygen atoms in total. The highest BCUT2D eigenvalue weighted by Gasteiger charge is 2.19. The van der Waals surface area contributed by atoms with Gasteiger partial charge in [-0.2, -0.15) is 0 Å². The first kappa shape index (κ1) is 18.6. The summed E-state index contributed by atoms with van der Waals surface area (Å²) in [7, 11) is 0. The molecule has 0 N–H and O–H groups in total. The molecule has 3 heteroatoms. The highest BCUT2D eigenvalue weighted by Crippen LogP contribution is 2.26. The molecule has 3 aromatic carbocycles. The summed E-state index contributed by atoms with van der Waals surface area (Å²) in [5, 5.41) is 0. The van der Waals surface area contributed by atoms with Crippen LogP contribution in [0.5, 0.6) is 0 Å². The molecule has 0 saturated carbocycles. The van der Waals surface area contributed by atoms with Gasteiger partial charge in [-0.1, -0.05) is 66.7 Å². The van der Waals surface area contributed by atoms with Gasteiger partial charge in [0.25, 0.3) is 5.91 Å². The van der Waals surface area contributed by atoms with Crippen LogP contribution in [-0.4, -0.2) is 10.9 Å². The molecule has 0 aliphatic heterocycles. The Morgan fingerprint density at radius 2 is 1.38 bits per heavy atom. The molecule has 1 amide bonds. The molecular formula is C26H22N2O. The van der Waals surface area contributed by atoms with Crippen LogP contribution in [0.25, 0.3) is 11.1 Å². The molecular weight excluding hydrogens is 356 g/mol. The molecule has 0 aliphatic carbocycles. The van der Waals surface area contributed by atoms with Gasteiger partial charge >= 0.3 is 0 Å². The Hall–Kier alpha value is -3.72. The largest absolute Gasteiger partial charge is 0.304 e. The molecule has 1 aromatic heterocycles. The third kappa shape index (κ3) is 4.25. The first-order valence-electron chi connectivity index (χ1n) is 9.64. The van der Waals surface area contributed by atoms with Crippen molar-refractivity contribution < 1.29 is 4.79 Å². The van der Waals surface area contributed by atoms with Crippen LogP contribution in [-0.2, 0) is 6.54 Å². The molecule has 0 saturated heterocycles. The number of pyridine rings is 1. The molecule has 0 spiro atoms. The number of anilines is 1. The van der Waals surface area contributed by atoms with Crippen molar-refractivity contribution in [2.75, 3.05) is 4.90 Å². The fourth-order valence-electron chi connectivity index (χ4n) is 3.35. The van der Waals surface area contributed by atoms with Crippen LogP contribution < -0.4 is 4.90 Å². The van der Waals surface area contributed by atoms with E-state index in [-0.39, 0.29) is 5.91 Å². The quantitative estimate of drug-likeness (QED) is 0.433. The number of aromatic nitrogens is 1. The minimum atomic E-state index is -0.0388. The van der Waals surface area contributed by atoms with E-state index in [1.807, 2.05) is 47.4 Å². The van der Waals surface area contributed by atoms with Crippen molar-refractivity contribution in [3.05, 3.63) is 120 Å². The van der Waals surface area contributed by atoms with Crippen molar-refractivity contribution in [1.82, 2.24) is 4.98 Å². The zero-order valence-electron chi connectivity index (χ0n) is 16.3. The first-order valence-corrected chi connectivity index (χ1v) is 9.64. The topological polar surface area (TPSA) is 33.2 Å². The van der Waals surface area contributed by atoms with E-state index in [2.05, 4.69) is 48.3 Å². The Bertz CT molecular complexity index is 1090. The lowest BCUT2D eigenvalue weighted by Crippen LogP contribution is -2.30. The smallest absolute Gasteiger partial charge is 0.258 e. The minimum Gasteiger partial charge on any atom is -0.304 e. The fraction of sp³-hybridized carbons (Fsp3) is 0.0769. The van der Waals surface area contributed by atoms with Gasteiger partial charge in [0.1, 0.15) is 0 Å². The van der Waals surface area contributed by atoms with E-state index in [0.717, 1.165) is 22.4 Å². The maximum Gasteiger partial charge on any atom is 0.258 e. The van der Waals surface area contributed by atoms with Crippen LogP contribution in [0.2, 0.25) is 0 Å². The summed E-state index contributed by atoms with van der Waals surface area (Å²) in [4.78, 5) is 19.2. The number of amides is 1. The van der Waals surface area contributed by atoms with Gasteiger partial charge in [-0.15, -0.1) is 0 Å². The molecule has 142 valence electrons. The van der Waals surface area contributed by atoms with E-state index < -0.39 is 0 Å². The summed E-state index contributed by atoms with van der Waals surface area (Å²) in [6, 6.07) is 30.1. The van der Waals surface area contributed by atoms with Crippen molar-refractivity contribution in [1.29, 1.82) is 0 Å². The third-order valence-corrected chi connectivity index (χ3v) is 5.05. The van der Waals surface area contributed by atoms with Crippen molar-refractivity contribution >= 4 is 11.6 Å². The van der Waals surface area contributed by atoms with Gasteiger partial charge in [0.05, 0.1) is 6.54 Å². The monoisotopic (exact) mass is 378 g/mol. The molecule has 1 heterocycles. The predicted molar refractivity (Wildman–Crippen MR) is 118 cm³/mol. The Kier molecular flexibility index (Phi) is 5.48. The second kappa shape index (κ2) is 8.53. The molecule has 0 atom stereocenters. The highest BCUT2D eigenvalue weighted by molar-refractivity contribution is 6.06. The number of carbonyl (C=O) groups excluding carboxylic acids is 1. The van der Waals surface area contributed by atoms with Crippen LogP contribution >= 0.6 is 0 Å². The van der Waals surface area contributed by atoms with E-state index in [0.29, 0.717) is 12.1 Å². The summed E-state index contributed by atoms with van der Waals surface area (Å²) >= 11 is 0. The molecule has 0 unspecified atom stereocenters. The van der Waals surface area contributed by atoms with Crippen LogP contribution in [0.1, 0.15) is 21.5 Å². The van der Waals surface area contributed by atoms with Crippen molar-refractivity contribution in [3.63, 3.8) is 0 Å². The van der Waals surface area contributed by atoms with E-state index in [4.69, 9.17) is 0 Å². The number of rotatable bonds is 5. The lowest BCUT2D eigenvalue weighted by atomic mass is 10.0. The average Bonchev–Trinajstić information content (AvgIpc) is 2.79. The van der Waals surface area contributed by atoms with Gasteiger partial charge in [0.15, 0.2) is 0 Å². The summed E-state index contributed by atoms with van der Waals surface area (Å²) in [5.74, 6) is -0.0388. The van der Waals surface area contributed by atoms with Gasteiger partial charge in [0, 0.05) is 23.6 Å². The van der Waals surface area contributed by atoms with Crippen molar-refractivity contribution in [3.8, 4) is 11.1 Å². The zero-order chi connectivity index (χ0) is 20.1. The minimum absolute atomic E-state index is 0.0388. The molecule has 0 aliphatic rings. The second-order valence-electron chi connectivity index (χ2n) is 6.97. The Balaban J connectivity index is 1.70. The van der Waals surface area contributed by atoms with E-state index in [1.165, 1.54) is 5.56 Å². The number of carbonyl (C=O) groups is 1. The molecule has 0 bridgehead atoms. The van der Waals surface area contributed by atoms with Crippen molar-refractivity contribution in [2.45, 2.75) is 13.5 Å². The van der Waals surface area contributed by atoms with Gasteiger partial charge in [-0.05, 0) is 53.4 Å². The van der Waals surface area contributed by atoms with E-state index in [9.17, 15) is 4.79 Å².